The number of carbonyl (C=O) groups excluding carboxylic acids is 1. The van der Waals surface area contributed by atoms with Gasteiger partial charge < -0.3 is 10.4 Å². The van der Waals surface area contributed by atoms with Crippen LogP contribution in [0.15, 0.2) is 0 Å². The maximum absolute atomic E-state index is 11.6. The highest BCUT2D eigenvalue weighted by Gasteiger charge is 2.45. The fourth-order valence-corrected chi connectivity index (χ4v) is 2.80. The second kappa shape index (κ2) is 4.41. The molecule has 2 N–H and O–H groups in total. The van der Waals surface area contributed by atoms with E-state index in [0.717, 1.165) is 32.2 Å². The molecule has 3 atom stereocenters. The summed E-state index contributed by atoms with van der Waals surface area (Å²) in [5.41, 5.74) is 0. The molecule has 2 rings (SSSR count). The molecular weight excluding hydrogens is 208 g/mol. The number of amides is 1. The number of carbonyl (C=O) groups is 2. The zero-order chi connectivity index (χ0) is 11.7. The van der Waals surface area contributed by atoms with E-state index >= 15 is 0 Å². The Morgan fingerprint density at radius 3 is 2.56 bits per heavy atom. The molecule has 0 radical (unpaired) electrons. The molecule has 0 spiro atoms. The van der Waals surface area contributed by atoms with Crippen molar-refractivity contribution in [3.8, 4) is 0 Å². The first-order chi connectivity index (χ1) is 7.65. The fourth-order valence-electron chi connectivity index (χ4n) is 2.80. The molecule has 1 saturated carbocycles. The van der Waals surface area contributed by atoms with Crippen LogP contribution in [-0.4, -0.2) is 47.6 Å². The van der Waals surface area contributed by atoms with E-state index in [1.165, 1.54) is 0 Å². The highest BCUT2D eigenvalue weighted by molar-refractivity contribution is 5.82. The SMILES string of the molecule is CNC(=O)C1CCCN1C1CCC1C(=O)O. The molecule has 1 aliphatic heterocycles. The molecule has 5 nitrogen and oxygen atoms in total. The Morgan fingerprint density at radius 2 is 2.06 bits per heavy atom. The van der Waals surface area contributed by atoms with Crippen LogP contribution < -0.4 is 5.32 Å². The van der Waals surface area contributed by atoms with Crippen LogP contribution in [0.1, 0.15) is 25.7 Å². The molecule has 1 amide bonds. The average Bonchev–Trinajstić information content (AvgIpc) is 2.62. The number of likely N-dealkylation sites (N-methyl/N-ethyl adjacent to an activating group) is 1. The number of aliphatic carboxylic acids is 1. The summed E-state index contributed by atoms with van der Waals surface area (Å²) in [6, 6.07) is -0.0422. The van der Waals surface area contributed by atoms with Crippen LogP contribution in [0.3, 0.4) is 0 Å². The molecule has 1 heterocycles. The van der Waals surface area contributed by atoms with Crippen LogP contribution in [-0.2, 0) is 9.59 Å². The van der Waals surface area contributed by atoms with E-state index in [4.69, 9.17) is 5.11 Å². The van der Waals surface area contributed by atoms with Gasteiger partial charge in [0.25, 0.3) is 0 Å². The highest BCUT2D eigenvalue weighted by atomic mass is 16.4. The van der Waals surface area contributed by atoms with Gasteiger partial charge in [-0.1, -0.05) is 0 Å². The van der Waals surface area contributed by atoms with Crippen molar-refractivity contribution >= 4 is 11.9 Å². The average molecular weight is 226 g/mol. The minimum absolute atomic E-state index is 0.0218. The largest absolute Gasteiger partial charge is 0.481 e. The lowest BCUT2D eigenvalue weighted by atomic mass is 9.78. The Morgan fingerprint density at radius 1 is 1.31 bits per heavy atom. The summed E-state index contributed by atoms with van der Waals surface area (Å²) in [6.45, 7) is 0.854. The predicted molar refractivity (Wildman–Crippen MR) is 57.9 cm³/mol. The van der Waals surface area contributed by atoms with Crippen molar-refractivity contribution in [1.82, 2.24) is 10.2 Å². The van der Waals surface area contributed by atoms with Crippen LogP contribution in [0.4, 0.5) is 0 Å². The zero-order valence-corrected chi connectivity index (χ0v) is 9.48. The third-order valence-corrected chi connectivity index (χ3v) is 3.82. The predicted octanol–water partition coefficient (Wildman–Crippen LogP) is 0.0600. The molecular formula is C11H18N2O3. The Bertz CT molecular complexity index is 306. The van der Waals surface area contributed by atoms with Crippen molar-refractivity contribution in [2.75, 3.05) is 13.6 Å². The van der Waals surface area contributed by atoms with Crippen molar-refractivity contribution in [2.24, 2.45) is 5.92 Å². The Labute approximate surface area is 94.8 Å². The van der Waals surface area contributed by atoms with E-state index in [2.05, 4.69) is 10.2 Å². The van der Waals surface area contributed by atoms with Gasteiger partial charge in [0.15, 0.2) is 0 Å². The first-order valence-corrected chi connectivity index (χ1v) is 5.85. The van der Waals surface area contributed by atoms with Gasteiger partial charge in [-0.2, -0.15) is 0 Å². The topological polar surface area (TPSA) is 69.6 Å². The number of rotatable bonds is 3. The number of nitrogens with zero attached hydrogens (tertiary/aromatic N) is 1. The van der Waals surface area contributed by atoms with E-state index < -0.39 is 5.97 Å². The Kier molecular flexibility index (Phi) is 3.14. The lowest BCUT2D eigenvalue weighted by Crippen LogP contribution is -2.55. The second-order valence-electron chi connectivity index (χ2n) is 4.60. The van der Waals surface area contributed by atoms with Gasteiger partial charge in [-0.25, -0.2) is 0 Å². The molecule has 5 heteroatoms. The molecule has 0 aromatic rings. The van der Waals surface area contributed by atoms with Crippen molar-refractivity contribution in [1.29, 1.82) is 0 Å². The van der Waals surface area contributed by atoms with Crippen molar-refractivity contribution in [3.63, 3.8) is 0 Å². The number of nitrogens with one attached hydrogen (secondary N) is 1. The first kappa shape index (κ1) is 11.4. The minimum Gasteiger partial charge on any atom is -0.481 e. The molecule has 1 saturated heterocycles. The maximum Gasteiger partial charge on any atom is 0.308 e. The molecule has 0 aromatic heterocycles. The number of hydrogen-bond acceptors (Lipinski definition) is 3. The molecule has 2 fully saturated rings. The molecule has 16 heavy (non-hydrogen) atoms. The third-order valence-electron chi connectivity index (χ3n) is 3.82. The molecule has 90 valence electrons. The zero-order valence-electron chi connectivity index (χ0n) is 9.48. The Balaban J connectivity index is 2.03. The van der Waals surface area contributed by atoms with E-state index in [1.54, 1.807) is 7.05 Å². The molecule has 3 unspecified atom stereocenters. The van der Waals surface area contributed by atoms with Crippen LogP contribution in [0, 0.1) is 5.92 Å². The van der Waals surface area contributed by atoms with Gasteiger partial charge in [-0.05, 0) is 32.2 Å². The summed E-state index contributed by atoms with van der Waals surface area (Å²) in [6.07, 6.45) is 3.49. The standard InChI is InChI=1S/C11H18N2O3/c1-12-10(14)9-3-2-6-13(9)8-5-4-7(8)11(15)16/h7-9H,2-6H2,1H3,(H,12,14)(H,15,16). The summed E-state index contributed by atoms with van der Waals surface area (Å²) in [5, 5.41) is 11.7. The van der Waals surface area contributed by atoms with Crippen molar-refractivity contribution < 1.29 is 14.7 Å². The van der Waals surface area contributed by atoms with Crippen LogP contribution in [0.2, 0.25) is 0 Å². The van der Waals surface area contributed by atoms with E-state index in [1.807, 2.05) is 0 Å². The first-order valence-electron chi connectivity index (χ1n) is 5.85. The van der Waals surface area contributed by atoms with Gasteiger partial charge in [0.1, 0.15) is 0 Å². The van der Waals surface area contributed by atoms with Gasteiger partial charge in [-0.3, -0.25) is 14.5 Å². The third kappa shape index (κ3) is 1.80. The number of likely N-dealkylation sites (tertiary alicyclic amines) is 1. The summed E-state index contributed by atoms with van der Waals surface area (Å²) in [7, 11) is 1.63. The minimum atomic E-state index is -0.723. The van der Waals surface area contributed by atoms with E-state index in [9.17, 15) is 9.59 Å². The van der Waals surface area contributed by atoms with Crippen LogP contribution in [0.5, 0.6) is 0 Å². The molecule has 0 aromatic carbocycles. The van der Waals surface area contributed by atoms with Gasteiger partial charge in [0, 0.05) is 13.1 Å². The quantitative estimate of drug-likeness (QED) is 0.714. The normalized spacial score (nSPS) is 34.4. The van der Waals surface area contributed by atoms with Gasteiger partial charge >= 0.3 is 5.97 Å². The smallest absolute Gasteiger partial charge is 0.308 e. The molecule has 2 aliphatic rings. The number of carboxylic acids is 1. The van der Waals surface area contributed by atoms with Crippen molar-refractivity contribution in [2.45, 2.75) is 37.8 Å². The van der Waals surface area contributed by atoms with Gasteiger partial charge in [0.05, 0.1) is 12.0 Å². The second-order valence-corrected chi connectivity index (χ2v) is 4.60. The summed E-state index contributed by atoms with van der Waals surface area (Å²) in [4.78, 5) is 24.7. The Hall–Kier alpha value is -1.10. The number of hydrogen-bond donors (Lipinski definition) is 2. The van der Waals surface area contributed by atoms with Gasteiger partial charge in [0.2, 0.25) is 5.91 Å². The highest BCUT2D eigenvalue weighted by Crippen LogP contribution is 2.36. The van der Waals surface area contributed by atoms with E-state index in [0.29, 0.717) is 0 Å². The maximum atomic E-state index is 11.6. The lowest BCUT2D eigenvalue weighted by Gasteiger charge is -2.42. The van der Waals surface area contributed by atoms with Crippen LogP contribution >= 0.6 is 0 Å². The fraction of sp³-hybridized carbons (Fsp3) is 0.818. The molecule has 1 aliphatic carbocycles. The van der Waals surface area contributed by atoms with Crippen molar-refractivity contribution in [3.05, 3.63) is 0 Å². The van der Waals surface area contributed by atoms with Gasteiger partial charge in [-0.15, -0.1) is 0 Å². The summed E-state index contributed by atoms with van der Waals surface area (Å²) in [5.74, 6) is -0.974. The summed E-state index contributed by atoms with van der Waals surface area (Å²) < 4.78 is 0. The monoisotopic (exact) mass is 226 g/mol. The van der Waals surface area contributed by atoms with E-state index in [-0.39, 0.29) is 23.9 Å². The van der Waals surface area contributed by atoms with Crippen LogP contribution in [0.25, 0.3) is 0 Å². The molecule has 0 bridgehead atoms. The lowest BCUT2D eigenvalue weighted by molar-refractivity contribution is -0.150. The number of carboxylic acid groups (broad SMARTS) is 1. The summed E-state index contributed by atoms with van der Waals surface area (Å²) >= 11 is 0.